The number of rotatable bonds is 8. The largest absolute Gasteiger partial charge is 0.508 e. The van der Waals surface area contributed by atoms with Crippen molar-refractivity contribution in [3.05, 3.63) is 65.7 Å². The predicted molar refractivity (Wildman–Crippen MR) is 151 cm³/mol. The molecule has 222 valence electrons. The zero-order valence-corrected chi connectivity index (χ0v) is 23.9. The van der Waals surface area contributed by atoms with E-state index in [0.29, 0.717) is 24.9 Å². The number of carbonyl (C=O) groups excluding carboxylic acids is 4. The summed E-state index contributed by atoms with van der Waals surface area (Å²) >= 11 is 1.29. The number of hydrogen-bond donors (Lipinski definition) is 4. The van der Waals surface area contributed by atoms with E-state index in [0.717, 1.165) is 5.56 Å². The van der Waals surface area contributed by atoms with Gasteiger partial charge >= 0.3 is 12.1 Å². The molecular weight excluding hydrogens is 564 g/mol. The first kappa shape index (κ1) is 29.2. The van der Waals surface area contributed by atoms with Crippen molar-refractivity contribution < 1.29 is 38.9 Å². The number of fused-ring (bicyclic) bond motifs is 1. The Kier molecular flexibility index (Phi) is 8.04. The van der Waals surface area contributed by atoms with Gasteiger partial charge in [0.25, 0.3) is 0 Å². The van der Waals surface area contributed by atoms with Crippen LogP contribution in [0.15, 0.2) is 54.6 Å². The average molecular weight is 597 g/mol. The Morgan fingerprint density at radius 1 is 1.10 bits per heavy atom. The maximum atomic E-state index is 13.6. The van der Waals surface area contributed by atoms with E-state index < -0.39 is 64.1 Å². The second-order valence-electron chi connectivity index (χ2n) is 11.0. The number of nitrogens with one attached hydrogen (secondary N) is 2. The fourth-order valence-electron chi connectivity index (χ4n) is 5.65. The van der Waals surface area contributed by atoms with Crippen LogP contribution in [0.2, 0.25) is 0 Å². The number of β-lactam (4-membered cyclic amide) rings is 1. The highest BCUT2D eigenvalue weighted by molar-refractivity contribution is 8.01. The number of aliphatic carboxylic acids is 1. The molecule has 0 saturated carbocycles. The van der Waals surface area contributed by atoms with Crippen LogP contribution in [0.3, 0.4) is 0 Å². The summed E-state index contributed by atoms with van der Waals surface area (Å²) in [4.78, 5) is 67.3. The van der Waals surface area contributed by atoms with E-state index in [-0.39, 0.29) is 12.4 Å². The standard InChI is InChI=1S/C29H32N4O8S/c1-29(2)22(27(38)39)33-25(37)21(26(33)42-29)31-24(36)20(17-10-12-18(34)13-11-17)30-23(35)19-9-6-14-32(19)28(40)41-15-16-7-4-3-5-8-16/h3-5,7-8,10-13,19-22,26,34H,6,9,14-15H2,1-2H3,(H,30,35)(H,31,36)(H,38,39)/t19-,20?,21-,22+,26-/m1/s1. The predicted octanol–water partition coefficient (Wildman–Crippen LogP) is 1.98. The molecular formula is C29H32N4O8S. The fraction of sp³-hybridized carbons (Fsp3) is 0.414. The molecule has 5 rings (SSSR count). The molecule has 2 aromatic carbocycles. The number of hydrogen-bond acceptors (Lipinski definition) is 8. The number of thioether (sulfide) groups is 1. The monoisotopic (exact) mass is 596 g/mol. The van der Waals surface area contributed by atoms with Gasteiger partial charge in [0.2, 0.25) is 17.7 Å². The Morgan fingerprint density at radius 3 is 2.45 bits per heavy atom. The van der Waals surface area contributed by atoms with Crippen LogP contribution in [0.5, 0.6) is 5.75 Å². The smallest absolute Gasteiger partial charge is 0.410 e. The summed E-state index contributed by atoms with van der Waals surface area (Å²) in [6.45, 7) is 3.83. The number of phenols is 1. The van der Waals surface area contributed by atoms with Crippen LogP contribution >= 0.6 is 11.8 Å². The molecule has 0 spiro atoms. The molecule has 2 aromatic rings. The Balaban J connectivity index is 1.29. The summed E-state index contributed by atoms with van der Waals surface area (Å²) in [5.74, 6) is -2.92. The van der Waals surface area contributed by atoms with E-state index in [4.69, 9.17) is 4.74 Å². The van der Waals surface area contributed by atoms with E-state index in [1.807, 2.05) is 30.3 Å². The topological polar surface area (TPSA) is 166 Å². The number of ether oxygens (including phenoxy) is 1. The van der Waals surface area contributed by atoms with Crippen molar-refractivity contribution in [1.29, 1.82) is 0 Å². The Morgan fingerprint density at radius 2 is 1.79 bits per heavy atom. The number of benzene rings is 2. The molecule has 12 nitrogen and oxygen atoms in total. The SMILES string of the molecule is CC1(C)S[C@@H]2[C@H](NC(=O)C(NC(=O)[C@H]3CCCN3C(=O)OCc3ccccc3)c3ccc(O)cc3)C(=O)N2[C@H]1C(=O)O. The summed E-state index contributed by atoms with van der Waals surface area (Å²) < 4.78 is 4.66. The van der Waals surface area contributed by atoms with Gasteiger partial charge in [0.05, 0.1) is 0 Å². The molecule has 3 aliphatic heterocycles. The maximum absolute atomic E-state index is 13.6. The molecule has 0 aromatic heterocycles. The molecule has 42 heavy (non-hydrogen) atoms. The number of carbonyl (C=O) groups is 5. The average Bonchev–Trinajstić information content (AvgIpc) is 3.55. The zero-order chi connectivity index (χ0) is 30.2. The molecule has 0 bridgehead atoms. The number of phenolic OH excluding ortho intramolecular Hbond substituents is 1. The number of carboxylic acids is 1. The lowest BCUT2D eigenvalue weighted by Gasteiger charge is -2.44. The molecule has 3 heterocycles. The van der Waals surface area contributed by atoms with E-state index in [1.165, 1.54) is 45.8 Å². The molecule has 3 fully saturated rings. The van der Waals surface area contributed by atoms with Crippen molar-refractivity contribution >= 4 is 41.5 Å². The Labute approximate surface area is 246 Å². The molecule has 3 aliphatic rings. The lowest BCUT2D eigenvalue weighted by atomic mass is 9.95. The van der Waals surface area contributed by atoms with Crippen LogP contribution in [-0.2, 0) is 30.5 Å². The molecule has 13 heteroatoms. The van der Waals surface area contributed by atoms with Gasteiger partial charge in [0.1, 0.15) is 41.9 Å². The highest BCUT2D eigenvalue weighted by atomic mass is 32.2. The van der Waals surface area contributed by atoms with Crippen LogP contribution in [0.1, 0.15) is 43.9 Å². The third kappa shape index (κ3) is 5.60. The van der Waals surface area contributed by atoms with Crippen molar-refractivity contribution in [1.82, 2.24) is 20.4 Å². The van der Waals surface area contributed by atoms with E-state index in [9.17, 15) is 34.2 Å². The first-order valence-electron chi connectivity index (χ1n) is 13.6. The van der Waals surface area contributed by atoms with E-state index >= 15 is 0 Å². The van der Waals surface area contributed by atoms with Crippen LogP contribution in [0.25, 0.3) is 0 Å². The van der Waals surface area contributed by atoms with Gasteiger partial charge in [0.15, 0.2) is 0 Å². The quantitative estimate of drug-likeness (QED) is 0.334. The number of aromatic hydroxyl groups is 1. The number of amides is 4. The number of nitrogens with zero attached hydrogens (tertiary/aromatic N) is 2. The van der Waals surface area contributed by atoms with Gasteiger partial charge in [-0.3, -0.25) is 19.3 Å². The van der Waals surface area contributed by atoms with Gasteiger partial charge in [0, 0.05) is 11.3 Å². The second kappa shape index (κ2) is 11.6. The summed E-state index contributed by atoms with van der Waals surface area (Å²) in [6, 6.07) is 10.7. The van der Waals surface area contributed by atoms with Gasteiger partial charge in [-0.05, 0) is 49.9 Å². The van der Waals surface area contributed by atoms with Gasteiger partial charge < -0.3 is 30.5 Å². The molecule has 4 N–H and O–H groups in total. The lowest BCUT2D eigenvalue weighted by molar-refractivity contribution is -0.161. The second-order valence-corrected chi connectivity index (χ2v) is 12.8. The Hall–Kier alpha value is -4.26. The fourth-order valence-corrected chi connectivity index (χ4v) is 7.27. The summed E-state index contributed by atoms with van der Waals surface area (Å²) in [7, 11) is 0. The van der Waals surface area contributed by atoms with Crippen molar-refractivity contribution in [2.75, 3.05) is 6.54 Å². The normalized spacial score (nSPS) is 24.8. The van der Waals surface area contributed by atoms with Gasteiger partial charge in [-0.1, -0.05) is 42.5 Å². The molecule has 3 saturated heterocycles. The first-order chi connectivity index (χ1) is 20.0. The van der Waals surface area contributed by atoms with Crippen molar-refractivity contribution in [2.45, 2.75) is 67.6 Å². The van der Waals surface area contributed by atoms with E-state index in [1.54, 1.807) is 13.8 Å². The summed E-state index contributed by atoms with van der Waals surface area (Å²) in [5.41, 5.74) is 1.15. The van der Waals surface area contributed by atoms with Crippen LogP contribution in [0, 0.1) is 0 Å². The van der Waals surface area contributed by atoms with Crippen molar-refractivity contribution in [3.63, 3.8) is 0 Å². The van der Waals surface area contributed by atoms with Crippen LogP contribution in [-0.4, -0.2) is 84.6 Å². The lowest BCUT2D eigenvalue weighted by Crippen LogP contribution is -2.71. The van der Waals surface area contributed by atoms with Gasteiger partial charge in [-0.25, -0.2) is 9.59 Å². The first-order valence-corrected chi connectivity index (χ1v) is 14.5. The summed E-state index contributed by atoms with van der Waals surface area (Å²) in [6.07, 6.45) is 0.299. The third-order valence-electron chi connectivity index (χ3n) is 7.74. The van der Waals surface area contributed by atoms with Crippen LogP contribution < -0.4 is 10.6 Å². The molecule has 5 atom stereocenters. The number of likely N-dealkylation sites (tertiary alicyclic amines) is 1. The van der Waals surface area contributed by atoms with Gasteiger partial charge in [-0.15, -0.1) is 11.8 Å². The minimum atomic E-state index is -1.25. The highest BCUT2D eigenvalue weighted by Crippen LogP contribution is 2.50. The summed E-state index contributed by atoms with van der Waals surface area (Å²) in [5, 5.41) is 24.3. The van der Waals surface area contributed by atoms with Gasteiger partial charge in [-0.2, -0.15) is 0 Å². The minimum Gasteiger partial charge on any atom is -0.508 e. The Bertz CT molecular complexity index is 1390. The number of carboxylic acid groups (broad SMARTS) is 1. The van der Waals surface area contributed by atoms with Crippen molar-refractivity contribution in [2.24, 2.45) is 0 Å². The molecule has 4 amide bonds. The van der Waals surface area contributed by atoms with Crippen LogP contribution in [0.4, 0.5) is 4.79 Å². The van der Waals surface area contributed by atoms with E-state index in [2.05, 4.69) is 10.6 Å². The minimum absolute atomic E-state index is 0.0403. The molecule has 0 aliphatic carbocycles. The highest BCUT2D eigenvalue weighted by Gasteiger charge is 2.64. The zero-order valence-electron chi connectivity index (χ0n) is 23.1. The third-order valence-corrected chi connectivity index (χ3v) is 9.31. The molecule has 1 unspecified atom stereocenters. The van der Waals surface area contributed by atoms with Crippen molar-refractivity contribution in [3.8, 4) is 5.75 Å². The molecule has 0 radical (unpaired) electrons. The maximum Gasteiger partial charge on any atom is 0.410 e.